The number of aryl methyl sites for hydroxylation is 1. The van der Waals surface area contributed by atoms with Gasteiger partial charge in [-0.2, -0.15) is 4.99 Å². The van der Waals surface area contributed by atoms with E-state index in [1.165, 1.54) is 35.6 Å². The van der Waals surface area contributed by atoms with Crippen molar-refractivity contribution in [2.75, 3.05) is 6.61 Å². The Morgan fingerprint density at radius 2 is 2.08 bits per heavy atom. The monoisotopic (exact) mass is 354 g/mol. The van der Waals surface area contributed by atoms with E-state index in [1.54, 1.807) is 0 Å². The van der Waals surface area contributed by atoms with Crippen LogP contribution in [0.15, 0.2) is 47.5 Å². The first-order valence-electron chi connectivity index (χ1n) is 7.56. The van der Waals surface area contributed by atoms with Crippen molar-refractivity contribution in [1.82, 2.24) is 4.57 Å². The largest absolute Gasteiger partial charge is 0.484 e. The quantitative estimate of drug-likeness (QED) is 0.675. The van der Waals surface area contributed by atoms with E-state index >= 15 is 0 Å². The van der Waals surface area contributed by atoms with Crippen LogP contribution in [0, 0.1) is 25.1 Å². The number of hydrogen-bond acceptors (Lipinski definition) is 3. The van der Waals surface area contributed by atoms with E-state index in [-0.39, 0.29) is 12.4 Å². The lowest BCUT2D eigenvalue weighted by Gasteiger charge is -2.03. The van der Waals surface area contributed by atoms with Crippen molar-refractivity contribution in [2.45, 2.75) is 13.5 Å². The molecular formula is C19H15FN2O2S. The van der Waals surface area contributed by atoms with Crippen molar-refractivity contribution >= 4 is 27.5 Å². The molecule has 0 aliphatic rings. The zero-order chi connectivity index (χ0) is 17.8. The van der Waals surface area contributed by atoms with Gasteiger partial charge in [-0.15, -0.1) is 6.42 Å². The molecule has 1 aromatic heterocycles. The van der Waals surface area contributed by atoms with Gasteiger partial charge in [0.1, 0.15) is 11.6 Å². The third-order valence-electron chi connectivity index (χ3n) is 3.48. The number of fused-ring (bicyclic) bond motifs is 1. The van der Waals surface area contributed by atoms with E-state index in [0.29, 0.717) is 17.1 Å². The number of carbonyl (C=O) groups is 1. The molecule has 126 valence electrons. The number of rotatable bonds is 4. The zero-order valence-corrected chi connectivity index (χ0v) is 14.3. The van der Waals surface area contributed by atoms with Crippen LogP contribution in [0.25, 0.3) is 10.2 Å². The van der Waals surface area contributed by atoms with Crippen LogP contribution in [0.4, 0.5) is 4.39 Å². The Kier molecular flexibility index (Phi) is 4.96. The summed E-state index contributed by atoms with van der Waals surface area (Å²) in [5.74, 6) is 2.20. The predicted octanol–water partition coefficient (Wildman–Crippen LogP) is 3.29. The highest BCUT2D eigenvalue weighted by molar-refractivity contribution is 7.16. The average Bonchev–Trinajstić information content (AvgIpc) is 2.91. The highest BCUT2D eigenvalue weighted by Gasteiger charge is 2.08. The number of terminal acetylenes is 1. The normalized spacial score (nSPS) is 11.5. The molecule has 4 nitrogen and oxygen atoms in total. The molecule has 0 saturated carbocycles. The first-order valence-corrected chi connectivity index (χ1v) is 8.38. The number of halogens is 1. The first-order chi connectivity index (χ1) is 12.1. The van der Waals surface area contributed by atoms with Gasteiger partial charge in [0.05, 0.1) is 16.8 Å². The van der Waals surface area contributed by atoms with Crippen LogP contribution >= 0.6 is 11.3 Å². The smallest absolute Gasteiger partial charge is 0.286 e. The summed E-state index contributed by atoms with van der Waals surface area (Å²) in [6.07, 6.45) is 5.44. The fourth-order valence-electron chi connectivity index (χ4n) is 2.32. The van der Waals surface area contributed by atoms with Crippen molar-refractivity contribution in [3.63, 3.8) is 0 Å². The number of amides is 1. The standard InChI is InChI=1S/C19H15FN2O2S/c1-3-10-22-16-9-4-13(2)11-17(16)25-19(22)21-18(23)12-24-15-7-5-14(20)6-8-15/h1,4-9,11H,10,12H2,2H3. The summed E-state index contributed by atoms with van der Waals surface area (Å²) >= 11 is 1.40. The lowest BCUT2D eigenvalue weighted by Crippen LogP contribution is -2.19. The second-order valence-electron chi connectivity index (χ2n) is 5.39. The summed E-state index contributed by atoms with van der Waals surface area (Å²) < 4.78 is 21.0. The maximum atomic E-state index is 12.9. The molecular weight excluding hydrogens is 339 g/mol. The van der Waals surface area contributed by atoms with Gasteiger partial charge in [0.2, 0.25) is 0 Å². The van der Waals surface area contributed by atoms with Gasteiger partial charge in [-0.25, -0.2) is 4.39 Å². The van der Waals surface area contributed by atoms with E-state index in [0.717, 1.165) is 15.8 Å². The summed E-state index contributed by atoms with van der Waals surface area (Å²) in [6, 6.07) is 11.5. The average molecular weight is 354 g/mol. The van der Waals surface area contributed by atoms with E-state index in [2.05, 4.69) is 10.9 Å². The number of carbonyl (C=O) groups excluding carboxylic acids is 1. The number of hydrogen-bond donors (Lipinski definition) is 0. The van der Waals surface area contributed by atoms with Crippen LogP contribution in [0.2, 0.25) is 0 Å². The van der Waals surface area contributed by atoms with Gasteiger partial charge in [-0.3, -0.25) is 4.79 Å². The Labute approximate surface area is 148 Å². The number of aromatic nitrogens is 1. The summed E-state index contributed by atoms with van der Waals surface area (Å²) in [4.78, 5) is 16.8. The third kappa shape index (κ3) is 3.95. The molecule has 0 aliphatic carbocycles. The van der Waals surface area contributed by atoms with Crippen LogP contribution < -0.4 is 9.54 Å². The van der Waals surface area contributed by atoms with E-state index in [4.69, 9.17) is 11.2 Å². The van der Waals surface area contributed by atoms with Crippen molar-refractivity contribution in [3.05, 3.63) is 58.6 Å². The molecule has 0 N–H and O–H groups in total. The molecule has 0 unspecified atom stereocenters. The molecule has 0 aliphatic heterocycles. The molecule has 0 radical (unpaired) electrons. The Morgan fingerprint density at radius 3 is 2.80 bits per heavy atom. The van der Waals surface area contributed by atoms with Gasteiger partial charge < -0.3 is 9.30 Å². The van der Waals surface area contributed by atoms with Gasteiger partial charge in [-0.05, 0) is 48.9 Å². The molecule has 0 spiro atoms. The molecule has 3 rings (SSSR count). The lowest BCUT2D eigenvalue weighted by atomic mass is 10.2. The Bertz CT molecular complexity index is 1030. The molecule has 1 heterocycles. The summed E-state index contributed by atoms with van der Waals surface area (Å²) in [5, 5.41) is 0. The molecule has 25 heavy (non-hydrogen) atoms. The lowest BCUT2D eigenvalue weighted by molar-refractivity contribution is -0.120. The summed E-state index contributed by atoms with van der Waals surface area (Å²) in [6.45, 7) is 2.10. The highest BCUT2D eigenvalue weighted by atomic mass is 32.1. The summed E-state index contributed by atoms with van der Waals surface area (Å²) in [7, 11) is 0. The van der Waals surface area contributed by atoms with Crippen molar-refractivity contribution < 1.29 is 13.9 Å². The van der Waals surface area contributed by atoms with Crippen molar-refractivity contribution in [2.24, 2.45) is 4.99 Å². The van der Waals surface area contributed by atoms with Crippen LogP contribution in [0.3, 0.4) is 0 Å². The zero-order valence-electron chi connectivity index (χ0n) is 13.5. The van der Waals surface area contributed by atoms with Crippen LogP contribution in [-0.4, -0.2) is 17.1 Å². The molecule has 2 aromatic carbocycles. The van der Waals surface area contributed by atoms with Crippen molar-refractivity contribution in [1.29, 1.82) is 0 Å². The third-order valence-corrected chi connectivity index (χ3v) is 4.53. The molecule has 0 saturated heterocycles. The van der Waals surface area contributed by atoms with Gasteiger partial charge in [0.25, 0.3) is 5.91 Å². The molecule has 0 fully saturated rings. The molecule has 6 heteroatoms. The molecule has 0 bridgehead atoms. The number of benzene rings is 2. The predicted molar refractivity (Wildman–Crippen MR) is 95.9 cm³/mol. The second kappa shape index (κ2) is 7.32. The Balaban J connectivity index is 1.86. The van der Waals surface area contributed by atoms with Gasteiger partial charge >= 0.3 is 0 Å². The molecule has 1 amide bonds. The van der Waals surface area contributed by atoms with Crippen LogP contribution in [0.5, 0.6) is 5.75 Å². The minimum absolute atomic E-state index is 0.227. The Hall–Kier alpha value is -2.91. The molecule has 3 aromatic rings. The number of nitrogens with zero attached hydrogens (tertiary/aromatic N) is 2. The highest BCUT2D eigenvalue weighted by Crippen LogP contribution is 2.19. The minimum Gasteiger partial charge on any atom is -0.484 e. The number of ether oxygens (including phenoxy) is 1. The SMILES string of the molecule is C#CCn1c(=NC(=O)COc2ccc(F)cc2)sc2cc(C)ccc21. The molecule has 0 atom stereocenters. The van der Waals surface area contributed by atoms with E-state index in [1.807, 2.05) is 29.7 Å². The van der Waals surface area contributed by atoms with Gasteiger partial charge in [0, 0.05) is 0 Å². The van der Waals surface area contributed by atoms with Crippen molar-refractivity contribution in [3.8, 4) is 18.1 Å². The number of thiazole rings is 1. The van der Waals surface area contributed by atoms with Gasteiger partial charge in [-0.1, -0.05) is 23.3 Å². The fourth-order valence-corrected chi connectivity index (χ4v) is 3.47. The van der Waals surface area contributed by atoms with Gasteiger partial charge in [0.15, 0.2) is 11.4 Å². The minimum atomic E-state index is -0.432. The second-order valence-corrected chi connectivity index (χ2v) is 6.40. The van der Waals surface area contributed by atoms with E-state index in [9.17, 15) is 9.18 Å². The topological polar surface area (TPSA) is 43.6 Å². The summed E-state index contributed by atoms with van der Waals surface area (Å²) in [5.41, 5.74) is 2.07. The Morgan fingerprint density at radius 1 is 1.32 bits per heavy atom. The van der Waals surface area contributed by atoms with E-state index < -0.39 is 5.91 Å². The van der Waals surface area contributed by atoms with Crippen LogP contribution in [0.1, 0.15) is 5.56 Å². The maximum absolute atomic E-state index is 12.9. The maximum Gasteiger partial charge on any atom is 0.286 e. The first kappa shape index (κ1) is 16.9. The fraction of sp³-hybridized carbons (Fsp3) is 0.158. The van der Waals surface area contributed by atoms with Crippen LogP contribution in [-0.2, 0) is 11.3 Å².